The molecule has 157 valence electrons. The summed E-state index contributed by atoms with van der Waals surface area (Å²) in [5.74, 6) is -0.517. The smallest absolute Gasteiger partial charge is 0.410 e. The molecule has 0 aromatic heterocycles. The molecule has 1 aromatic carbocycles. The highest BCUT2D eigenvalue weighted by atomic mass is 16.6. The molecule has 1 aromatic rings. The minimum absolute atomic E-state index is 0.197. The summed E-state index contributed by atoms with van der Waals surface area (Å²) in [5, 5.41) is 11.4. The molecule has 28 heavy (non-hydrogen) atoms. The normalized spacial score (nSPS) is 13.0. The summed E-state index contributed by atoms with van der Waals surface area (Å²) < 4.78 is 10.8. The molecule has 0 saturated carbocycles. The summed E-state index contributed by atoms with van der Waals surface area (Å²) in [5.41, 5.74) is 6.01. The Bertz CT molecular complexity index is 661. The van der Waals surface area contributed by atoms with Crippen molar-refractivity contribution >= 4 is 12.1 Å². The molecule has 7 nitrogen and oxygen atoms in total. The standard InChI is InChI=1S/C21H33N2O5/c1-20(2,3)27-18(25)17(22)11-12-23(19(26)28-21(4,5)6)13-15-9-7-8-10-16(15)14-24/h7-10,17H,11-14,22H2,1-6H3. The van der Waals surface area contributed by atoms with Crippen LogP contribution in [0.2, 0.25) is 0 Å². The first-order valence-electron chi connectivity index (χ1n) is 9.43. The molecular weight excluding hydrogens is 360 g/mol. The molecule has 0 aliphatic rings. The lowest BCUT2D eigenvalue weighted by Gasteiger charge is -2.29. The van der Waals surface area contributed by atoms with Crippen molar-refractivity contribution in [2.45, 2.75) is 78.4 Å². The number of benzene rings is 1. The number of esters is 1. The van der Waals surface area contributed by atoms with Gasteiger partial charge in [0.1, 0.15) is 23.9 Å². The Morgan fingerprint density at radius 1 is 1.00 bits per heavy atom. The van der Waals surface area contributed by atoms with Crippen molar-refractivity contribution in [3.05, 3.63) is 35.4 Å². The van der Waals surface area contributed by atoms with Crippen LogP contribution in [-0.4, -0.2) is 40.8 Å². The maximum absolute atomic E-state index is 12.6. The summed E-state index contributed by atoms with van der Waals surface area (Å²) >= 11 is 0. The Morgan fingerprint density at radius 2 is 1.54 bits per heavy atom. The fraction of sp³-hybridized carbons (Fsp3) is 0.619. The Hall–Kier alpha value is -2.12. The number of hydrogen-bond donors (Lipinski definition) is 1. The highest BCUT2D eigenvalue weighted by molar-refractivity contribution is 5.76. The molecule has 1 amide bonds. The number of hydrogen-bond acceptors (Lipinski definition) is 5. The highest BCUT2D eigenvalue weighted by Crippen LogP contribution is 2.17. The SMILES string of the molecule is CC(C)(C)OC(=O)C(N)CCN(Cc1ccccc1C[O])C(=O)OC(C)(C)C. The highest BCUT2D eigenvalue weighted by Gasteiger charge is 2.26. The van der Waals surface area contributed by atoms with Crippen LogP contribution < -0.4 is 5.73 Å². The van der Waals surface area contributed by atoms with Crippen molar-refractivity contribution in [3.63, 3.8) is 0 Å². The van der Waals surface area contributed by atoms with Crippen molar-refractivity contribution < 1.29 is 24.2 Å². The van der Waals surface area contributed by atoms with E-state index in [4.69, 9.17) is 15.2 Å². The van der Waals surface area contributed by atoms with Crippen LogP contribution in [0.1, 0.15) is 59.1 Å². The minimum Gasteiger partial charge on any atom is -0.459 e. The van der Waals surface area contributed by atoms with Crippen molar-refractivity contribution in [1.29, 1.82) is 0 Å². The second kappa shape index (κ2) is 9.89. The lowest BCUT2D eigenvalue weighted by atomic mass is 10.1. The van der Waals surface area contributed by atoms with Gasteiger partial charge >= 0.3 is 12.1 Å². The number of amides is 1. The van der Waals surface area contributed by atoms with Crippen LogP contribution in [0.25, 0.3) is 0 Å². The van der Waals surface area contributed by atoms with Gasteiger partial charge in [-0.3, -0.25) is 4.79 Å². The van der Waals surface area contributed by atoms with Gasteiger partial charge in [-0.2, -0.15) is 0 Å². The van der Waals surface area contributed by atoms with Crippen LogP contribution in [0.4, 0.5) is 4.79 Å². The largest absolute Gasteiger partial charge is 0.459 e. The minimum atomic E-state index is -0.862. The summed E-state index contributed by atoms with van der Waals surface area (Å²) in [7, 11) is 0. The van der Waals surface area contributed by atoms with E-state index >= 15 is 0 Å². The summed E-state index contributed by atoms with van der Waals surface area (Å²) in [6, 6.07) is 6.28. The Morgan fingerprint density at radius 3 is 2.04 bits per heavy atom. The maximum Gasteiger partial charge on any atom is 0.410 e. The number of ether oxygens (including phenoxy) is 2. The van der Waals surface area contributed by atoms with E-state index in [1.54, 1.807) is 59.7 Å². The molecule has 2 N–H and O–H groups in total. The first-order valence-corrected chi connectivity index (χ1v) is 9.43. The Balaban J connectivity index is 2.89. The molecule has 1 atom stereocenters. The van der Waals surface area contributed by atoms with E-state index in [0.717, 1.165) is 5.56 Å². The Labute approximate surface area is 167 Å². The maximum atomic E-state index is 12.6. The number of rotatable bonds is 7. The van der Waals surface area contributed by atoms with E-state index in [1.165, 1.54) is 4.90 Å². The second-order valence-electron chi connectivity index (χ2n) is 8.74. The number of carbonyl (C=O) groups excluding carboxylic acids is 2. The predicted octanol–water partition coefficient (Wildman–Crippen LogP) is 3.41. The van der Waals surface area contributed by atoms with E-state index in [1.807, 2.05) is 6.07 Å². The molecule has 0 saturated heterocycles. The van der Waals surface area contributed by atoms with E-state index in [9.17, 15) is 14.7 Å². The van der Waals surface area contributed by atoms with Gasteiger partial charge in [-0.05, 0) is 59.1 Å². The van der Waals surface area contributed by atoms with Gasteiger partial charge < -0.3 is 20.1 Å². The predicted molar refractivity (Wildman–Crippen MR) is 106 cm³/mol. The second-order valence-corrected chi connectivity index (χ2v) is 8.74. The van der Waals surface area contributed by atoms with E-state index in [-0.39, 0.29) is 26.1 Å². The molecule has 1 unspecified atom stereocenters. The molecule has 1 rings (SSSR count). The van der Waals surface area contributed by atoms with Gasteiger partial charge in [-0.1, -0.05) is 24.3 Å². The van der Waals surface area contributed by atoms with Gasteiger partial charge in [0.15, 0.2) is 0 Å². The van der Waals surface area contributed by atoms with Gasteiger partial charge in [-0.15, -0.1) is 0 Å². The van der Waals surface area contributed by atoms with Crippen molar-refractivity contribution in [2.24, 2.45) is 5.73 Å². The zero-order valence-corrected chi connectivity index (χ0v) is 17.8. The molecule has 0 aliphatic heterocycles. The summed E-state index contributed by atoms with van der Waals surface area (Å²) in [6.45, 7) is 10.7. The molecule has 0 bridgehead atoms. The van der Waals surface area contributed by atoms with Crippen LogP contribution >= 0.6 is 0 Å². The number of carbonyl (C=O) groups is 2. The number of nitrogens with two attached hydrogens (primary N) is 1. The van der Waals surface area contributed by atoms with Crippen LogP contribution in [0.15, 0.2) is 24.3 Å². The zero-order valence-electron chi connectivity index (χ0n) is 17.8. The summed E-state index contributed by atoms with van der Waals surface area (Å²) in [4.78, 5) is 26.2. The van der Waals surface area contributed by atoms with Crippen LogP contribution in [0.3, 0.4) is 0 Å². The fourth-order valence-electron chi connectivity index (χ4n) is 2.41. The van der Waals surface area contributed by atoms with Crippen molar-refractivity contribution in [3.8, 4) is 0 Å². The van der Waals surface area contributed by atoms with Gasteiger partial charge in [-0.25, -0.2) is 9.90 Å². The average Bonchev–Trinajstić information content (AvgIpc) is 2.55. The lowest BCUT2D eigenvalue weighted by molar-refractivity contribution is -0.156. The molecule has 0 spiro atoms. The average molecular weight is 394 g/mol. The van der Waals surface area contributed by atoms with Crippen molar-refractivity contribution in [2.75, 3.05) is 6.54 Å². The first-order chi connectivity index (χ1) is 12.8. The zero-order chi connectivity index (χ0) is 21.5. The molecule has 7 heteroatoms. The molecule has 1 radical (unpaired) electrons. The van der Waals surface area contributed by atoms with Crippen LogP contribution in [0, 0.1) is 0 Å². The topological polar surface area (TPSA) is 102 Å². The van der Waals surface area contributed by atoms with Gasteiger partial charge in [0.2, 0.25) is 0 Å². The third-order valence-electron chi connectivity index (χ3n) is 3.71. The van der Waals surface area contributed by atoms with Gasteiger partial charge in [0.25, 0.3) is 0 Å². The monoisotopic (exact) mass is 393 g/mol. The quantitative estimate of drug-likeness (QED) is 0.715. The van der Waals surface area contributed by atoms with E-state index in [2.05, 4.69) is 0 Å². The third kappa shape index (κ3) is 8.71. The third-order valence-corrected chi connectivity index (χ3v) is 3.71. The fourth-order valence-corrected chi connectivity index (χ4v) is 2.41. The molecule has 0 aliphatic carbocycles. The van der Waals surface area contributed by atoms with Gasteiger partial charge in [0.05, 0.1) is 0 Å². The molecular formula is C21H33N2O5. The van der Waals surface area contributed by atoms with Gasteiger partial charge in [0, 0.05) is 13.1 Å². The number of nitrogens with zero attached hydrogens (tertiary/aromatic N) is 1. The van der Waals surface area contributed by atoms with E-state index in [0.29, 0.717) is 5.56 Å². The lowest BCUT2D eigenvalue weighted by Crippen LogP contribution is -2.42. The van der Waals surface area contributed by atoms with Crippen LogP contribution in [0.5, 0.6) is 0 Å². The molecule has 0 fully saturated rings. The van der Waals surface area contributed by atoms with Crippen molar-refractivity contribution in [1.82, 2.24) is 4.90 Å². The molecule has 0 heterocycles. The van der Waals surface area contributed by atoms with E-state index < -0.39 is 29.3 Å². The summed E-state index contributed by atoms with van der Waals surface area (Å²) in [6.07, 6.45) is -0.308. The Kier molecular flexibility index (Phi) is 8.45. The van der Waals surface area contributed by atoms with Crippen LogP contribution in [-0.2, 0) is 32.5 Å². The first kappa shape index (κ1) is 23.9.